The monoisotopic (exact) mass is 550 g/mol. The number of anilines is 1. The quantitative estimate of drug-likeness (QED) is 0.257. The van der Waals surface area contributed by atoms with E-state index in [9.17, 15) is 32.9 Å². The second kappa shape index (κ2) is 9.51. The van der Waals surface area contributed by atoms with Gasteiger partial charge in [0.2, 0.25) is 5.91 Å². The molecule has 0 aliphatic rings. The first-order valence-electron chi connectivity index (χ1n) is 11.1. The Morgan fingerprint density at radius 1 is 1.29 bits per heavy atom. The van der Waals surface area contributed by atoms with Gasteiger partial charge in [-0.15, -0.1) is 11.3 Å². The lowest BCUT2D eigenvalue weighted by Crippen LogP contribution is -2.26. The summed E-state index contributed by atoms with van der Waals surface area (Å²) in [6.45, 7) is 6.72. The van der Waals surface area contributed by atoms with Gasteiger partial charge in [-0.2, -0.15) is 23.4 Å². The van der Waals surface area contributed by atoms with Gasteiger partial charge >= 0.3 is 11.9 Å². The van der Waals surface area contributed by atoms with Gasteiger partial charge in [-0.3, -0.25) is 29.1 Å². The summed E-state index contributed by atoms with van der Waals surface area (Å²) in [5.74, 6) is -1.72. The van der Waals surface area contributed by atoms with Crippen LogP contribution in [0.4, 0.5) is 24.5 Å². The fourth-order valence-electron chi connectivity index (χ4n) is 4.02. The number of alkyl halides is 3. The van der Waals surface area contributed by atoms with Crippen molar-refractivity contribution >= 4 is 44.7 Å². The minimum Gasteiger partial charge on any atom is -0.365 e. The maximum atomic E-state index is 13.8. The maximum Gasteiger partial charge on any atom is 0.433 e. The number of fused-ring (bicyclic) bond motifs is 1. The van der Waals surface area contributed by atoms with Gasteiger partial charge < -0.3 is 11.1 Å². The molecular formula is C22H21F3N8O4S. The Balaban J connectivity index is 1.92. The van der Waals surface area contributed by atoms with Crippen molar-refractivity contribution < 1.29 is 27.7 Å². The summed E-state index contributed by atoms with van der Waals surface area (Å²) in [4.78, 5) is 39.4. The van der Waals surface area contributed by atoms with E-state index in [-0.39, 0.29) is 37.7 Å². The molecule has 0 aliphatic heterocycles. The number of pyridine rings is 1. The third-order valence-corrected chi connectivity index (χ3v) is 7.04. The molecule has 0 fully saturated rings. The highest BCUT2D eigenvalue weighted by atomic mass is 32.1. The second-order valence-corrected chi connectivity index (χ2v) is 9.37. The van der Waals surface area contributed by atoms with Gasteiger partial charge in [0.15, 0.2) is 0 Å². The highest BCUT2D eigenvalue weighted by Gasteiger charge is 2.36. The van der Waals surface area contributed by atoms with E-state index in [1.54, 1.807) is 17.8 Å². The number of nitrogens with one attached hydrogen (secondary N) is 1. The molecule has 3 N–H and O–H groups in total. The van der Waals surface area contributed by atoms with E-state index in [1.165, 1.54) is 13.8 Å². The number of thiophene rings is 1. The third kappa shape index (κ3) is 4.57. The Morgan fingerprint density at radius 3 is 2.50 bits per heavy atom. The SMILES string of the molecule is CCn1cc(-c2cc(C(F)(F)F)nc3sc(C(N)=O)c(NC(=O)C(C)n4ncc([N+](=O)[O-])c4C)c23)c(C)n1. The average Bonchev–Trinajstić information content (AvgIpc) is 3.52. The van der Waals surface area contributed by atoms with Gasteiger partial charge in [0.05, 0.1) is 16.3 Å². The van der Waals surface area contributed by atoms with E-state index in [0.29, 0.717) is 29.1 Å². The first-order valence-corrected chi connectivity index (χ1v) is 11.9. The van der Waals surface area contributed by atoms with Crippen molar-refractivity contribution in [2.75, 3.05) is 5.32 Å². The Kier molecular flexibility index (Phi) is 6.69. The number of rotatable bonds is 7. The Hall–Kier alpha value is -4.34. The van der Waals surface area contributed by atoms with Crippen LogP contribution in [-0.4, -0.2) is 41.3 Å². The molecule has 4 aromatic rings. The zero-order chi connectivity index (χ0) is 28.1. The molecule has 4 aromatic heterocycles. The minimum atomic E-state index is -4.79. The van der Waals surface area contributed by atoms with Crippen molar-refractivity contribution in [1.29, 1.82) is 0 Å². The van der Waals surface area contributed by atoms with Crippen LogP contribution in [0.15, 0.2) is 18.5 Å². The van der Waals surface area contributed by atoms with E-state index >= 15 is 0 Å². The number of nitro groups is 1. The smallest absolute Gasteiger partial charge is 0.365 e. The number of nitrogens with two attached hydrogens (primary N) is 1. The van der Waals surface area contributed by atoms with Crippen LogP contribution >= 0.6 is 11.3 Å². The van der Waals surface area contributed by atoms with Crippen molar-refractivity contribution in [3.05, 3.63) is 50.5 Å². The fourth-order valence-corrected chi connectivity index (χ4v) is 5.02. The lowest BCUT2D eigenvalue weighted by molar-refractivity contribution is -0.385. The zero-order valence-electron chi connectivity index (χ0n) is 20.5. The first-order chi connectivity index (χ1) is 17.7. The lowest BCUT2D eigenvalue weighted by Gasteiger charge is -2.15. The van der Waals surface area contributed by atoms with E-state index < -0.39 is 34.6 Å². The van der Waals surface area contributed by atoms with Gasteiger partial charge in [0.1, 0.15) is 33.3 Å². The minimum absolute atomic E-state index is 0.0529. The molecule has 0 aromatic carbocycles. The molecule has 12 nitrogen and oxygen atoms in total. The molecule has 0 bridgehead atoms. The molecule has 4 heterocycles. The second-order valence-electron chi connectivity index (χ2n) is 8.37. The standard InChI is InChI=1S/C22H21F3N8O4S/c1-5-31-8-13(9(2)30-31)12-6-15(22(23,24)25)28-21-16(12)17(18(38-21)19(26)34)29-20(35)11(4)32-10(3)14(7-27-32)33(36)37/h6-8,11H,5H2,1-4H3,(H2,26,34)(H,29,35). The molecular weight excluding hydrogens is 529 g/mol. The summed E-state index contributed by atoms with van der Waals surface area (Å²) in [7, 11) is 0. The predicted octanol–water partition coefficient (Wildman–Crippen LogP) is 4.22. The van der Waals surface area contributed by atoms with Gasteiger partial charge in [0.25, 0.3) is 5.91 Å². The lowest BCUT2D eigenvalue weighted by atomic mass is 10.0. The first kappa shape index (κ1) is 26.7. The van der Waals surface area contributed by atoms with Crippen molar-refractivity contribution in [3.63, 3.8) is 0 Å². The van der Waals surface area contributed by atoms with E-state index in [0.717, 1.165) is 16.9 Å². The average molecular weight is 551 g/mol. The van der Waals surface area contributed by atoms with Gasteiger partial charge in [-0.05, 0) is 39.3 Å². The molecule has 0 saturated carbocycles. The molecule has 1 unspecified atom stereocenters. The summed E-state index contributed by atoms with van der Waals surface area (Å²) in [5, 5.41) is 22.1. The highest BCUT2D eigenvalue weighted by Crippen LogP contribution is 2.44. The van der Waals surface area contributed by atoms with Crippen molar-refractivity contribution in [2.24, 2.45) is 5.73 Å². The summed E-state index contributed by atoms with van der Waals surface area (Å²) >= 11 is 0.611. The predicted molar refractivity (Wildman–Crippen MR) is 132 cm³/mol. The van der Waals surface area contributed by atoms with Gasteiger partial charge in [0, 0.05) is 23.7 Å². The molecule has 0 aliphatic carbocycles. The number of aryl methyl sites for hydroxylation is 2. The Morgan fingerprint density at radius 2 is 1.97 bits per heavy atom. The largest absolute Gasteiger partial charge is 0.433 e. The maximum absolute atomic E-state index is 13.8. The van der Waals surface area contributed by atoms with E-state index in [2.05, 4.69) is 20.5 Å². The number of halogens is 3. The van der Waals surface area contributed by atoms with Gasteiger partial charge in [-0.1, -0.05) is 0 Å². The van der Waals surface area contributed by atoms with Crippen LogP contribution in [-0.2, 0) is 17.5 Å². The Bertz CT molecular complexity index is 1600. The molecule has 0 radical (unpaired) electrons. The number of hydrogen-bond acceptors (Lipinski definition) is 8. The molecule has 200 valence electrons. The van der Waals surface area contributed by atoms with Gasteiger partial charge in [-0.25, -0.2) is 4.98 Å². The molecule has 16 heteroatoms. The van der Waals surface area contributed by atoms with Crippen LogP contribution < -0.4 is 11.1 Å². The number of aromatic nitrogens is 5. The summed E-state index contributed by atoms with van der Waals surface area (Å²) in [6, 6.07) is -0.251. The molecule has 0 spiro atoms. The van der Waals surface area contributed by atoms with E-state index in [1.807, 2.05) is 6.92 Å². The molecule has 4 rings (SSSR count). The Labute approximate surface area is 216 Å². The normalized spacial score (nSPS) is 12.6. The number of carbonyl (C=O) groups excluding carboxylic acids is 2. The van der Waals surface area contributed by atoms with Crippen molar-refractivity contribution in [2.45, 2.75) is 46.5 Å². The highest BCUT2D eigenvalue weighted by molar-refractivity contribution is 7.21. The van der Waals surface area contributed by atoms with Crippen LogP contribution in [0, 0.1) is 24.0 Å². The fraction of sp³-hybridized carbons (Fsp3) is 0.318. The van der Waals surface area contributed by atoms with E-state index in [4.69, 9.17) is 5.73 Å². The summed E-state index contributed by atoms with van der Waals surface area (Å²) in [6.07, 6.45) is -2.23. The number of hydrogen-bond donors (Lipinski definition) is 2. The topological polar surface area (TPSA) is 164 Å². The summed E-state index contributed by atoms with van der Waals surface area (Å²) < 4.78 is 43.9. The summed E-state index contributed by atoms with van der Waals surface area (Å²) in [5.41, 5.74) is 4.87. The van der Waals surface area contributed by atoms with Crippen LogP contribution in [0.5, 0.6) is 0 Å². The van der Waals surface area contributed by atoms with Crippen LogP contribution in [0.25, 0.3) is 21.3 Å². The third-order valence-electron chi connectivity index (χ3n) is 5.95. The van der Waals surface area contributed by atoms with Crippen molar-refractivity contribution in [3.8, 4) is 11.1 Å². The molecule has 0 saturated heterocycles. The number of carbonyl (C=O) groups is 2. The molecule has 1 atom stereocenters. The molecule has 2 amide bonds. The van der Waals surface area contributed by atoms with Crippen LogP contribution in [0.3, 0.4) is 0 Å². The van der Waals surface area contributed by atoms with Crippen LogP contribution in [0.2, 0.25) is 0 Å². The number of primary amides is 1. The zero-order valence-corrected chi connectivity index (χ0v) is 21.3. The number of nitrogens with zero attached hydrogens (tertiary/aromatic N) is 6. The van der Waals surface area contributed by atoms with Crippen LogP contribution in [0.1, 0.15) is 46.6 Å². The number of amides is 2. The molecule has 38 heavy (non-hydrogen) atoms. The van der Waals surface area contributed by atoms with Crippen molar-refractivity contribution in [1.82, 2.24) is 24.5 Å².